The second-order valence-electron chi connectivity index (χ2n) is 8.35. The van der Waals surface area contributed by atoms with Crippen molar-refractivity contribution in [3.05, 3.63) is 0 Å². The molecule has 4 fully saturated rings. The minimum atomic E-state index is -0.287. The molecule has 2 bridgehead atoms. The molecule has 6 unspecified atom stereocenters. The third kappa shape index (κ3) is 2.86. The molecule has 23 heavy (non-hydrogen) atoms. The van der Waals surface area contributed by atoms with Crippen LogP contribution in [-0.4, -0.2) is 65.3 Å². The van der Waals surface area contributed by atoms with Gasteiger partial charge in [-0.25, -0.2) is 4.79 Å². The molecule has 130 valence electrons. The Morgan fingerprint density at radius 3 is 2.61 bits per heavy atom. The van der Waals surface area contributed by atoms with Gasteiger partial charge >= 0.3 is 6.03 Å². The number of aliphatic hydroxyl groups excluding tert-OH is 1. The number of aliphatic hydroxyl groups is 1. The molecular weight excluding hydrogens is 290 g/mol. The van der Waals surface area contributed by atoms with Gasteiger partial charge in [0.1, 0.15) is 0 Å². The van der Waals surface area contributed by atoms with Crippen molar-refractivity contribution >= 4 is 6.03 Å². The zero-order valence-electron chi connectivity index (χ0n) is 14.3. The molecule has 0 aromatic rings. The molecule has 0 spiro atoms. The molecule has 2 heterocycles. The van der Waals surface area contributed by atoms with Crippen LogP contribution < -0.4 is 5.32 Å². The number of carbonyl (C=O) groups is 1. The highest BCUT2D eigenvalue weighted by molar-refractivity contribution is 5.75. The molecule has 5 heteroatoms. The number of amides is 2. The lowest BCUT2D eigenvalue weighted by Crippen LogP contribution is -2.52. The normalized spacial score (nSPS) is 41.1. The third-order valence-electron chi connectivity index (χ3n) is 6.71. The summed E-state index contributed by atoms with van der Waals surface area (Å²) in [5.41, 5.74) is 0. The van der Waals surface area contributed by atoms with E-state index in [1.807, 2.05) is 4.90 Å². The summed E-state index contributed by atoms with van der Waals surface area (Å²) in [6, 6.07) is 0.309. The molecule has 2 aliphatic carbocycles. The number of fused-ring (bicyclic) bond motifs is 1. The summed E-state index contributed by atoms with van der Waals surface area (Å²) in [4.78, 5) is 17.1. The molecule has 2 saturated carbocycles. The number of urea groups is 1. The summed E-state index contributed by atoms with van der Waals surface area (Å²) in [5, 5.41) is 13.6. The molecule has 5 nitrogen and oxygen atoms in total. The van der Waals surface area contributed by atoms with Gasteiger partial charge in [0.25, 0.3) is 0 Å². The van der Waals surface area contributed by atoms with Crippen LogP contribution in [0.25, 0.3) is 0 Å². The van der Waals surface area contributed by atoms with E-state index in [9.17, 15) is 9.90 Å². The van der Waals surface area contributed by atoms with Gasteiger partial charge in [0, 0.05) is 19.1 Å². The lowest BCUT2D eigenvalue weighted by molar-refractivity contribution is 0.0602. The Morgan fingerprint density at radius 2 is 1.91 bits per heavy atom. The molecule has 6 atom stereocenters. The van der Waals surface area contributed by atoms with Gasteiger partial charge in [-0.15, -0.1) is 0 Å². The Labute approximate surface area is 139 Å². The second-order valence-corrected chi connectivity index (χ2v) is 8.35. The highest BCUT2D eigenvalue weighted by atomic mass is 16.3. The molecule has 2 amide bonds. The largest absolute Gasteiger partial charge is 0.391 e. The van der Waals surface area contributed by atoms with Crippen molar-refractivity contribution in [3.8, 4) is 0 Å². The van der Waals surface area contributed by atoms with Crippen molar-refractivity contribution in [2.75, 3.05) is 26.2 Å². The number of hydrogen-bond donors (Lipinski definition) is 2. The predicted molar refractivity (Wildman–Crippen MR) is 89.1 cm³/mol. The van der Waals surface area contributed by atoms with Crippen LogP contribution in [0.4, 0.5) is 4.79 Å². The van der Waals surface area contributed by atoms with Crippen LogP contribution in [0, 0.1) is 17.8 Å². The van der Waals surface area contributed by atoms with Crippen molar-refractivity contribution in [1.82, 2.24) is 15.1 Å². The minimum Gasteiger partial charge on any atom is -0.391 e. The number of hydrogen-bond acceptors (Lipinski definition) is 3. The van der Waals surface area contributed by atoms with Crippen LogP contribution in [0.2, 0.25) is 0 Å². The van der Waals surface area contributed by atoms with Crippen molar-refractivity contribution in [2.24, 2.45) is 17.8 Å². The third-order valence-corrected chi connectivity index (χ3v) is 6.71. The summed E-state index contributed by atoms with van der Waals surface area (Å²) in [6.07, 6.45) is 7.21. The van der Waals surface area contributed by atoms with Gasteiger partial charge in [0.15, 0.2) is 0 Å². The van der Waals surface area contributed by atoms with E-state index in [1.54, 1.807) is 0 Å². The van der Waals surface area contributed by atoms with E-state index in [0.717, 1.165) is 39.0 Å². The van der Waals surface area contributed by atoms with Crippen molar-refractivity contribution < 1.29 is 9.90 Å². The number of likely N-dealkylation sites (tertiary alicyclic amines) is 2. The molecule has 0 aromatic carbocycles. The topological polar surface area (TPSA) is 55.8 Å². The molecule has 0 aromatic heterocycles. The summed E-state index contributed by atoms with van der Waals surface area (Å²) in [7, 11) is 0. The SMILES string of the molecule is CC(CN1CCCCCC1)NC(=O)N1CC2CC3CC2C1C3O. The van der Waals surface area contributed by atoms with Crippen LogP contribution in [0.15, 0.2) is 0 Å². The second kappa shape index (κ2) is 6.25. The van der Waals surface area contributed by atoms with E-state index in [1.165, 1.54) is 25.7 Å². The maximum Gasteiger partial charge on any atom is 0.318 e. The van der Waals surface area contributed by atoms with E-state index < -0.39 is 0 Å². The smallest absolute Gasteiger partial charge is 0.318 e. The van der Waals surface area contributed by atoms with Gasteiger partial charge in [0.2, 0.25) is 0 Å². The van der Waals surface area contributed by atoms with Crippen molar-refractivity contribution in [2.45, 2.75) is 63.6 Å². The molecule has 2 saturated heterocycles. The van der Waals surface area contributed by atoms with Gasteiger partial charge in [0.05, 0.1) is 12.1 Å². The van der Waals surface area contributed by atoms with Crippen molar-refractivity contribution in [1.29, 1.82) is 0 Å². The molecule has 2 N–H and O–H groups in total. The summed E-state index contributed by atoms with van der Waals surface area (Å²) < 4.78 is 0. The van der Waals surface area contributed by atoms with Gasteiger partial charge in [-0.3, -0.25) is 0 Å². The van der Waals surface area contributed by atoms with Crippen LogP contribution in [-0.2, 0) is 0 Å². The summed E-state index contributed by atoms with van der Waals surface area (Å²) in [6.45, 7) is 6.24. The fraction of sp³-hybridized carbons (Fsp3) is 0.944. The Hall–Kier alpha value is -0.810. The lowest BCUT2D eigenvalue weighted by Gasteiger charge is -2.31. The van der Waals surface area contributed by atoms with E-state index in [0.29, 0.717) is 17.8 Å². The standard InChI is InChI=1S/C18H31N3O2/c1-12(10-20-6-4-2-3-5-7-20)19-18(23)21-11-14-8-13-9-15(14)16(21)17(13)22/h12-17,22H,2-11H2,1H3,(H,19,23). The van der Waals surface area contributed by atoms with E-state index in [-0.39, 0.29) is 24.2 Å². The van der Waals surface area contributed by atoms with Gasteiger partial charge in [-0.1, -0.05) is 12.8 Å². The number of nitrogens with zero attached hydrogens (tertiary/aromatic N) is 2. The van der Waals surface area contributed by atoms with E-state index in [2.05, 4.69) is 17.1 Å². The summed E-state index contributed by atoms with van der Waals surface area (Å²) in [5.74, 6) is 1.64. The van der Waals surface area contributed by atoms with E-state index >= 15 is 0 Å². The number of rotatable bonds is 3. The zero-order valence-corrected chi connectivity index (χ0v) is 14.3. The monoisotopic (exact) mass is 321 g/mol. The fourth-order valence-corrected chi connectivity index (χ4v) is 5.69. The van der Waals surface area contributed by atoms with Gasteiger partial charge < -0.3 is 20.2 Å². The Balaban J connectivity index is 1.31. The molecule has 4 rings (SSSR count). The lowest BCUT2D eigenvalue weighted by atomic mass is 9.88. The average Bonchev–Trinajstić information content (AvgIpc) is 3.03. The van der Waals surface area contributed by atoms with Gasteiger partial charge in [-0.2, -0.15) is 0 Å². The Bertz CT molecular complexity index is 448. The highest BCUT2D eigenvalue weighted by Crippen LogP contribution is 2.54. The Kier molecular flexibility index (Phi) is 4.26. The number of carbonyl (C=O) groups excluding carboxylic acids is 1. The first-order valence-electron chi connectivity index (χ1n) is 9.61. The molecular formula is C18H31N3O2. The molecule has 2 aliphatic heterocycles. The molecule has 4 aliphatic rings. The zero-order chi connectivity index (χ0) is 16.0. The first kappa shape index (κ1) is 15.7. The van der Waals surface area contributed by atoms with Crippen LogP contribution >= 0.6 is 0 Å². The van der Waals surface area contributed by atoms with Gasteiger partial charge in [-0.05, 0) is 63.5 Å². The first-order chi connectivity index (χ1) is 11.1. The summed E-state index contributed by atoms with van der Waals surface area (Å²) >= 11 is 0. The van der Waals surface area contributed by atoms with Crippen LogP contribution in [0.5, 0.6) is 0 Å². The quantitative estimate of drug-likeness (QED) is 0.831. The van der Waals surface area contributed by atoms with Crippen LogP contribution in [0.3, 0.4) is 0 Å². The van der Waals surface area contributed by atoms with Crippen molar-refractivity contribution in [3.63, 3.8) is 0 Å². The maximum absolute atomic E-state index is 12.7. The maximum atomic E-state index is 12.7. The average molecular weight is 321 g/mol. The van der Waals surface area contributed by atoms with Crippen LogP contribution in [0.1, 0.15) is 45.4 Å². The highest BCUT2D eigenvalue weighted by Gasteiger charge is 2.60. The number of nitrogens with one attached hydrogen (secondary N) is 1. The minimum absolute atomic E-state index is 0.0476. The predicted octanol–water partition coefficient (Wildman–Crippen LogP) is 1.66. The Morgan fingerprint density at radius 1 is 1.17 bits per heavy atom. The first-order valence-corrected chi connectivity index (χ1v) is 9.61. The fourth-order valence-electron chi connectivity index (χ4n) is 5.69. The van der Waals surface area contributed by atoms with E-state index in [4.69, 9.17) is 0 Å². The molecule has 0 radical (unpaired) electrons.